The molecule has 3 aromatic heterocycles. The number of anilines is 2. The Kier molecular flexibility index (Phi) is 4.60. The van der Waals surface area contributed by atoms with Crippen molar-refractivity contribution in [3.63, 3.8) is 0 Å². The Morgan fingerprint density at radius 1 is 1.19 bits per heavy atom. The van der Waals surface area contributed by atoms with E-state index in [1.165, 1.54) is 11.3 Å². The molecule has 158 valence electrons. The van der Waals surface area contributed by atoms with Gasteiger partial charge in [0.1, 0.15) is 11.3 Å². The fraction of sp³-hybridized carbons (Fsp3) is 0.238. The molecule has 0 spiro atoms. The number of halogens is 1. The quantitative estimate of drug-likeness (QED) is 0.423. The molecule has 0 saturated carbocycles. The molecule has 8 nitrogen and oxygen atoms in total. The van der Waals surface area contributed by atoms with Crippen LogP contribution < -0.4 is 5.32 Å². The number of H-pyrrole nitrogens is 1. The summed E-state index contributed by atoms with van der Waals surface area (Å²) < 4.78 is 5.70. The molecule has 5 rings (SSSR count). The molecule has 0 aliphatic carbocycles. The third-order valence-corrected chi connectivity index (χ3v) is 6.60. The first-order valence-electron chi connectivity index (χ1n) is 9.64. The van der Waals surface area contributed by atoms with Gasteiger partial charge in [0.15, 0.2) is 0 Å². The van der Waals surface area contributed by atoms with Gasteiger partial charge in [0.05, 0.1) is 28.1 Å². The zero-order valence-electron chi connectivity index (χ0n) is 17.4. The molecular formula is C21H20ClN7OS. The van der Waals surface area contributed by atoms with E-state index < -0.39 is 0 Å². The molecule has 1 aliphatic heterocycles. The van der Waals surface area contributed by atoms with Gasteiger partial charge < -0.3 is 14.6 Å². The van der Waals surface area contributed by atoms with Gasteiger partial charge in [0.2, 0.25) is 11.0 Å². The van der Waals surface area contributed by atoms with Crippen LogP contribution in [0.4, 0.5) is 10.8 Å². The highest BCUT2D eigenvalue weighted by atomic mass is 35.5. The number of nitrogens with one attached hydrogen (secondary N) is 2. The van der Waals surface area contributed by atoms with Crippen molar-refractivity contribution in [3.05, 3.63) is 58.6 Å². The summed E-state index contributed by atoms with van der Waals surface area (Å²) in [6.45, 7) is 6.18. The Morgan fingerprint density at radius 3 is 2.77 bits per heavy atom. The molecule has 31 heavy (non-hydrogen) atoms. The van der Waals surface area contributed by atoms with Crippen molar-refractivity contribution >= 4 is 55.8 Å². The van der Waals surface area contributed by atoms with E-state index in [0.717, 1.165) is 38.4 Å². The second kappa shape index (κ2) is 7.21. The van der Waals surface area contributed by atoms with E-state index in [-0.39, 0.29) is 5.41 Å². The predicted octanol–water partition coefficient (Wildman–Crippen LogP) is 5.46. The standard InChI is InChI=1S/C21H20ClN7OS/c1-11-10-30-18(24-11)13-8-29(4)9-14(21(13,2)3)19-27-28-20(31-19)25-16-6-5-15-12(17(16)22)7-23-26-15/h5-10H,1-4H3,(H,23,26)(H,25,28). The minimum absolute atomic E-state index is 0.367. The van der Waals surface area contributed by atoms with Crippen LogP contribution in [0.5, 0.6) is 0 Å². The van der Waals surface area contributed by atoms with Gasteiger partial charge in [-0.05, 0) is 19.1 Å². The molecule has 0 fully saturated rings. The minimum Gasteiger partial charge on any atom is -0.444 e. The summed E-state index contributed by atoms with van der Waals surface area (Å²) >= 11 is 8.00. The molecule has 0 radical (unpaired) electrons. The smallest absolute Gasteiger partial charge is 0.224 e. The molecule has 0 atom stereocenters. The molecule has 1 aliphatic rings. The molecule has 0 amide bonds. The molecule has 0 bridgehead atoms. The van der Waals surface area contributed by atoms with Crippen LogP contribution in [0.3, 0.4) is 0 Å². The lowest BCUT2D eigenvalue weighted by molar-refractivity contribution is 0.499. The van der Waals surface area contributed by atoms with Crippen molar-refractivity contribution in [1.82, 2.24) is 30.3 Å². The van der Waals surface area contributed by atoms with Gasteiger partial charge >= 0.3 is 0 Å². The second-order valence-electron chi connectivity index (χ2n) is 7.97. The molecule has 1 aromatic carbocycles. The maximum atomic E-state index is 6.53. The highest BCUT2D eigenvalue weighted by Gasteiger charge is 2.37. The Hall–Kier alpha value is -3.17. The van der Waals surface area contributed by atoms with Crippen LogP contribution in [0.15, 0.2) is 41.4 Å². The van der Waals surface area contributed by atoms with E-state index in [1.54, 1.807) is 12.5 Å². The minimum atomic E-state index is -0.367. The van der Waals surface area contributed by atoms with E-state index in [1.807, 2.05) is 37.2 Å². The fourth-order valence-electron chi connectivity index (χ4n) is 3.61. The molecule has 4 heterocycles. The van der Waals surface area contributed by atoms with Crippen LogP contribution in [-0.2, 0) is 0 Å². The Labute approximate surface area is 187 Å². The van der Waals surface area contributed by atoms with Crippen molar-refractivity contribution in [2.45, 2.75) is 20.8 Å². The summed E-state index contributed by atoms with van der Waals surface area (Å²) in [7, 11) is 1.98. The first-order chi connectivity index (χ1) is 14.8. The normalized spacial score (nSPS) is 15.8. The first-order valence-corrected chi connectivity index (χ1v) is 10.8. The number of fused-ring (bicyclic) bond motifs is 1. The summed E-state index contributed by atoms with van der Waals surface area (Å²) in [6.07, 6.45) is 7.47. The van der Waals surface area contributed by atoms with E-state index in [4.69, 9.17) is 16.0 Å². The molecule has 4 aromatic rings. The number of aromatic nitrogens is 5. The molecular weight excluding hydrogens is 434 g/mol. The molecule has 10 heteroatoms. The Morgan fingerprint density at radius 2 is 2.00 bits per heavy atom. The zero-order valence-corrected chi connectivity index (χ0v) is 19.0. The van der Waals surface area contributed by atoms with Crippen molar-refractivity contribution in [2.75, 3.05) is 12.4 Å². The predicted molar refractivity (Wildman–Crippen MR) is 123 cm³/mol. The lowest BCUT2D eigenvalue weighted by Gasteiger charge is -2.34. The van der Waals surface area contributed by atoms with E-state index in [2.05, 4.69) is 50.7 Å². The zero-order chi connectivity index (χ0) is 21.8. The average Bonchev–Trinajstić information content (AvgIpc) is 3.46. The van der Waals surface area contributed by atoms with Crippen molar-refractivity contribution in [2.24, 2.45) is 5.41 Å². The fourth-order valence-corrected chi connectivity index (χ4v) is 4.80. The van der Waals surface area contributed by atoms with Gasteiger partial charge in [-0.2, -0.15) is 5.10 Å². The van der Waals surface area contributed by atoms with Crippen molar-refractivity contribution in [1.29, 1.82) is 0 Å². The van der Waals surface area contributed by atoms with Crippen molar-refractivity contribution in [3.8, 4) is 0 Å². The molecule has 0 saturated heterocycles. The SMILES string of the molecule is Cc1coc(C2=CN(C)C=C(c3nnc(Nc4ccc5[nH]ncc5c4Cl)s3)C2(C)C)n1. The van der Waals surface area contributed by atoms with Crippen LogP contribution in [0, 0.1) is 12.3 Å². The molecule has 0 unspecified atom stereocenters. The lowest BCUT2D eigenvalue weighted by atomic mass is 9.76. The number of nitrogens with zero attached hydrogens (tertiary/aromatic N) is 5. The van der Waals surface area contributed by atoms with Gasteiger partial charge in [-0.25, -0.2) is 4.98 Å². The lowest BCUT2D eigenvalue weighted by Crippen LogP contribution is -2.24. The highest BCUT2D eigenvalue weighted by molar-refractivity contribution is 7.16. The summed E-state index contributed by atoms with van der Waals surface area (Å²) in [4.78, 5) is 6.52. The first kappa shape index (κ1) is 19.8. The van der Waals surface area contributed by atoms with Gasteiger partial charge in [0.25, 0.3) is 0 Å². The number of aryl methyl sites for hydroxylation is 1. The third kappa shape index (κ3) is 3.39. The number of rotatable bonds is 4. The van der Waals surface area contributed by atoms with E-state index in [0.29, 0.717) is 16.0 Å². The number of oxazole rings is 1. The largest absolute Gasteiger partial charge is 0.444 e. The van der Waals surface area contributed by atoms with Crippen LogP contribution in [0.25, 0.3) is 22.0 Å². The monoisotopic (exact) mass is 453 g/mol. The highest BCUT2D eigenvalue weighted by Crippen LogP contribution is 2.48. The number of allylic oxidation sites excluding steroid dienone is 2. The summed E-state index contributed by atoms with van der Waals surface area (Å²) in [6, 6.07) is 3.82. The topological polar surface area (TPSA) is 95.8 Å². The Balaban J connectivity index is 1.46. The van der Waals surface area contributed by atoms with Crippen LogP contribution in [-0.4, -0.2) is 37.3 Å². The van der Waals surface area contributed by atoms with Gasteiger partial charge in [-0.3, -0.25) is 5.10 Å². The number of hydrogen-bond acceptors (Lipinski definition) is 8. The summed E-state index contributed by atoms with van der Waals surface area (Å²) in [5.74, 6) is 0.614. The van der Waals surface area contributed by atoms with Crippen LogP contribution >= 0.6 is 22.9 Å². The number of benzene rings is 1. The maximum absolute atomic E-state index is 6.53. The van der Waals surface area contributed by atoms with Crippen molar-refractivity contribution < 1.29 is 4.42 Å². The average molecular weight is 454 g/mol. The van der Waals surface area contributed by atoms with E-state index in [9.17, 15) is 0 Å². The second-order valence-corrected chi connectivity index (χ2v) is 9.32. The van der Waals surface area contributed by atoms with E-state index >= 15 is 0 Å². The number of hydrogen-bond donors (Lipinski definition) is 2. The molecule has 2 N–H and O–H groups in total. The van der Waals surface area contributed by atoms with Gasteiger partial charge in [-0.15, -0.1) is 10.2 Å². The maximum Gasteiger partial charge on any atom is 0.224 e. The number of aromatic amines is 1. The van der Waals surface area contributed by atoms with Gasteiger partial charge in [0, 0.05) is 41.4 Å². The summed E-state index contributed by atoms with van der Waals surface area (Å²) in [5, 5.41) is 21.9. The third-order valence-electron chi connectivity index (χ3n) is 5.32. The Bertz CT molecular complexity index is 1350. The van der Waals surface area contributed by atoms with Crippen LogP contribution in [0.2, 0.25) is 5.02 Å². The van der Waals surface area contributed by atoms with Gasteiger partial charge in [-0.1, -0.05) is 36.8 Å². The van der Waals surface area contributed by atoms with Crippen LogP contribution in [0.1, 0.15) is 30.4 Å². The summed E-state index contributed by atoms with van der Waals surface area (Å²) in [5.41, 5.74) is 4.13.